The molecule has 0 saturated carbocycles. The Morgan fingerprint density at radius 1 is 1.38 bits per heavy atom. The third kappa shape index (κ3) is 4.84. The SMILES string of the molecule is CC(c1cccc(Cl)c1)N(C)C(=O)NC1CCN(S(C)(=O)=O)CC1. The predicted octanol–water partition coefficient (Wildman–Crippen LogP) is 2.47. The first-order valence-corrected chi connectivity index (χ1v) is 10.1. The first kappa shape index (κ1) is 19.0. The summed E-state index contributed by atoms with van der Waals surface area (Å²) in [6.45, 7) is 2.83. The third-order valence-electron chi connectivity index (χ3n) is 4.48. The highest BCUT2D eigenvalue weighted by molar-refractivity contribution is 7.88. The Kier molecular flexibility index (Phi) is 6.11. The molecule has 134 valence electrons. The van der Waals surface area contributed by atoms with Crippen molar-refractivity contribution < 1.29 is 13.2 Å². The van der Waals surface area contributed by atoms with Crippen molar-refractivity contribution in [1.29, 1.82) is 0 Å². The Morgan fingerprint density at radius 2 is 2.00 bits per heavy atom. The van der Waals surface area contributed by atoms with Crippen LogP contribution in [0.5, 0.6) is 0 Å². The molecule has 6 nitrogen and oxygen atoms in total. The number of hydrogen-bond donors (Lipinski definition) is 1. The number of nitrogens with one attached hydrogen (secondary N) is 1. The number of hydrogen-bond acceptors (Lipinski definition) is 3. The van der Waals surface area contributed by atoms with E-state index in [0.29, 0.717) is 31.0 Å². The number of benzene rings is 1. The summed E-state index contributed by atoms with van der Waals surface area (Å²) in [5, 5.41) is 3.63. The number of halogens is 1. The van der Waals surface area contributed by atoms with Gasteiger partial charge in [0.1, 0.15) is 0 Å². The molecule has 2 rings (SSSR count). The maximum Gasteiger partial charge on any atom is 0.317 e. The largest absolute Gasteiger partial charge is 0.335 e. The molecule has 1 aliphatic heterocycles. The topological polar surface area (TPSA) is 69.7 Å². The van der Waals surface area contributed by atoms with Crippen LogP contribution >= 0.6 is 11.6 Å². The van der Waals surface area contributed by atoms with E-state index in [9.17, 15) is 13.2 Å². The summed E-state index contributed by atoms with van der Waals surface area (Å²) in [6, 6.07) is 7.16. The molecule has 1 aromatic carbocycles. The number of carbonyl (C=O) groups excluding carboxylic acids is 1. The fourth-order valence-corrected chi connectivity index (χ4v) is 3.85. The van der Waals surface area contributed by atoms with Crippen molar-refractivity contribution in [2.24, 2.45) is 0 Å². The van der Waals surface area contributed by atoms with Gasteiger partial charge in [-0.05, 0) is 37.5 Å². The van der Waals surface area contributed by atoms with Gasteiger partial charge in [0.05, 0.1) is 12.3 Å². The average Bonchev–Trinajstić information content (AvgIpc) is 2.53. The maximum absolute atomic E-state index is 12.4. The fraction of sp³-hybridized carbons (Fsp3) is 0.562. The molecule has 1 aromatic rings. The van der Waals surface area contributed by atoms with Crippen LogP contribution in [-0.4, -0.2) is 56.1 Å². The van der Waals surface area contributed by atoms with Gasteiger partial charge in [-0.3, -0.25) is 0 Å². The second kappa shape index (κ2) is 7.72. The van der Waals surface area contributed by atoms with Crippen LogP contribution in [0.2, 0.25) is 5.02 Å². The molecule has 0 spiro atoms. The number of nitrogens with zero attached hydrogens (tertiary/aromatic N) is 2. The van der Waals surface area contributed by atoms with E-state index in [2.05, 4.69) is 5.32 Å². The minimum atomic E-state index is -3.15. The molecule has 1 unspecified atom stereocenters. The van der Waals surface area contributed by atoms with Crippen molar-refractivity contribution in [3.05, 3.63) is 34.9 Å². The molecule has 8 heteroatoms. The number of rotatable bonds is 4. The van der Waals surface area contributed by atoms with Gasteiger partial charge < -0.3 is 10.2 Å². The van der Waals surface area contributed by atoms with E-state index in [0.717, 1.165) is 5.56 Å². The average molecular weight is 374 g/mol. The summed E-state index contributed by atoms with van der Waals surface area (Å²) in [6.07, 6.45) is 2.46. The summed E-state index contributed by atoms with van der Waals surface area (Å²) in [4.78, 5) is 14.1. The molecule has 0 radical (unpaired) electrons. The highest BCUT2D eigenvalue weighted by Gasteiger charge is 2.27. The molecule has 1 heterocycles. The normalized spacial score (nSPS) is 18.2. The standard InChI is InChI=1S/C16H24ClN3O3S/c1-12(13-5-4-6-14(17)11-13)19(2)16(21)18-15-7-9-20(10-8-15)24(3,22)23/h4-6,11-12,15H,7-10H2,1-3H3,(H,18,21). The zero-order valence-corrected chi connectivity index (χ0v) is 15.8. The number of carbonyl (C=O) groups is 1. The lowest BCUT2D eigenvalue weighted by molar-refractivity contribution is 0.184. The quantitative estimate of drug-likeness (QED) is 0.881. The van der Waals surface area contributed by atoms with Gasteiger partial charge in [-0.25, -0.2) is 17.5 Å². The lowest BCUT2D eigenvalue weighted by Gasteiger charge is -2.33. The minimum Gasteiger partial charge on any atom is -0.335 e. The van der Waals surface area contributed by atoms with Crippen LogP contribution < -0.4 is 5.32 Å². The van der Waals surface area contributed by atoms with Crippen molar-refractivity contribution in [1.82, 2.24) is 14.5 Å². The van der Waals surface area contributed by atoms with Gasteiger partial charge in [-0.2, -0.15) is 0 Å². The predicted molar refractivity (Wildman–Crippen MR) is 95.6 cm³/mol. The number of piperidine rings is 1. The molecule has 24 heavy (non-hydrogen) atoms. The summed E-state index contributed by atoms with van der Waals surface area (Å²) in [7, 11) is -1.41. The summed E-state index contributed by atoms with van der Waals surface area (Å²) in [5.41, 5.74) is 0.965. The van der Waals surface area contributed by atoms with Crippen LogP contribution in [0.25, 0.3) is 0 Å². The Morgan fingerprint density at radius 3 is 2.54 bits per heavy atom. The lowest BCUT2D eigenvalue weighted by atomic mass is 10.1. The molecule has 1 N–H and O–H groups in total. The van der Waals surface area contributed by atoms with E-state index >= 15 is 0 Å². The van der Waals surface area contributed by atoms with Gasteiger partial charge in [0.25, 0.3) is 0 Å². The Balaban J connectivity index is 1.90. The molecule has 1 fully saturated rings. The first-order chi connectivity index (χ1) is 11.2. The van der Waals surface area contributed by atoms with Crippen LogP contribution in [0.3, 0.4) is 0 Å². The third-order valence-corrected chi connectivity index (χ3v) is 6.02. The zero-order chi connectivity index (χ0) is 17.9. The highest BCUT2D eigenvalue weighted by atomic mass is 35.5. The second-order valence-corrected chi connectivity index (χ2v) is 8.65. The summed E-state index contributed by atoms with van der Waals surface area (Å²) < 4.78 is 24.5. The van der Waals surface area contributed by atoms with E-state index in [4.69, 9.17) is 11.6 Å². The van der Waals surface area contributed by atoms with Crippen molar-refractivity contribution in [3.8, 4) is 0 Å². The van der Waals surface area contributed by atoms with Crippen LogP contribution in [0, 0.1) is 0 Å². The summed E-state index contributed by atoms with van der Waals surface area (Å²) >= 11 is 6.01. The van der Waals surface area contributed by atoms with Gasteiger partial charge in [-0.15, -0.1) is 0 Å². The van der Waals surface area contributed by atoms with Crippen molar-refractivity contribution in [2.45, 2.75) is 31.8 Å². The molecule has 0 aliphatic carbocycles. The maximum atomic E-state index is 12.4. The van der Waals surface area contributed by atoms with Crippen LogP contribution in [0.4, 0.5) is 4.79 Å². The van der Waals surface area contributed by atoms with E-state index < -0.39 is 10.0 Å². The molecule has 1 saturated heterocycles. The van der Waals surface area contributed by atoms with E-state index in [-0.39, 0.29) is 18.1 Å². The van der Waals surface area contributed by atoms with Crippen LogP contribution in [0.15, 0.2) is 24.3 Å². The van der Waals surface area contributed by atoms with Crippen molar-refractivity contribution in [2.75, 3.05) is 26.4 Å². The van der Waals surface area contributed by atoms with E-state index in [1.54, 1.807) is 18.0 Å². The second-order valence-electron chi connectivity index (χ2n) is 6.23. The first-order valence-electron chi connectivity index (χ1n) is 7.92. The van der Waals surface area contributed by atoms with Crippen molar-refractivity contribution in [3.63, 3.8) is 0 Å². The molecule has 0 aromatic heterocycles. The summed E-state index contributed by atoms with van der Waals surface area (Å²) in [5.74, 6) is 0. The zero-order valence-electron chi connectivity index (χ0n) is 14.2. The monoisotopic (exact) mass is 373 g/mol. The molecule has 1 atom stereocenters. The molecular formula is C16H24ClN3O3S. The smallest absolute Gasteiger partial charge is 0.317 e. The van der Waals surface area contributed by atoms with Gasteiger partial charge in [-0.1, -0.05) is 23.7 Å². The molecule has 0 bridgehead atoms. The minimum absolute atomic E-state index is 0.00971. The van der Waals surface area contributed by atoms with Gasteiger partial charge in [0.2, 0.25) is 10.0 Å². The lowest BCUT2D eigenvalue weighted by Crippen LogP contribution is -2.49. The number of sulfonamides is 1. The number of urea groups is 1. The Labute approximate surface area is 148 Å². The molecule has 1 aliphatic rings. The van der Waals surface area contributed by atoms with E-state index in [1.807, 2.05) is 25.1 Å². The number of amides is 2. The molecular weight excluding hydrogens is 350 g/mol. The van der Waals surface area contributed by atoms with Crippen molar-refractivity contribution >= 4 is 27.7 Å². The molecule has 2 amide bonds. The van der Waals surface area contributed by atoms with Crippen LogP contribution in [-0.2, 0) is 10.0 Å². The fourth-order valence-electron chi connectivity index (χ4n) is 2.77. The van der Waals surface area contributed by atoms with Gasteiger partial charge in [0, 0.05) is 31.2 Å². The Hall–Kier alpha value is -1.31. The van der Waals surface area contributed by atoms with Crippen LogP contribution in [0.1, 0.15) is 31.4 Å². The van der Waals surface area contributed by atoms with Gasteiger partial charge in [0.15, 0.2) is 0 Å². The highest BCUT2D eigenvalue weighted by Crippen LogP contribution is 2.22. The van der Waals surface area contributed by atoms with Gasteiger partial charge >= 0.3 is 6.03 Å². The Bertz CT molecular complexity index is 688. The van der Waals surface area contributed by atoms with E-state index in [1.165, 1.54) is 10.6 Å².